The summed E-state index contributed by atoms with van der Waals surface area (Å²) in [5, 5.41) is 20.7. The van der Waals surface area contributed by atoms with Crippen LogP contribution in [0.3, 0.4) is 0 Å². The first-order valence-electron chi connectivity index (χ1n) is 5.26. The maximum absolute atomic E-state index is 11.6. The first-order valence-corrected chi connectivity index (χ1v) is 5.26. The molecule has 0 spiro atoms. The topological polar surface area (TPSA) is 66.8 Å². The molecule has 0 radical (unpaired) electrons. The average Bonchev–Trinajstić information content (AvgIpc) is 2.34. The zero-order valence-corrected chi connectivity index (χ0v) is 9.30. The predicted molar refractivity (Wildman–Crippen MR) is 63.2 cm³/mol. The van der Waals surface area contributed by atoms with Crippen molar-refractivity contribution in [2.45, 2.75) is 6.92 Å². The van der Waals surface area contributed by atoms with Crippen LogP contribution in [0.4, 0.5) is 0 Å². The molecule has 0 aliphatic heterocycles. The van der Waals surface area contributed by atoms with Crippen molar-refractivity contribution in [3.63, 3.8) is 0 Å². The molecule has 2 aromatic rings. The maximum atomic E-state index is 11.6. The Balaban J connectivity index is 2.67. The lowest BCUT2D eigenvalue weighted by Gasteiger charge is -2.08. The van der Waals surface area contributed by atoms with Crippen LogP contribution in [-0.4, -0.2) is 22.8 Å². The number of fused-ring (bicyclic) bond motifs is 1. The summed E-state index contributed by atoms with van der Waals surface area (Å²) in [6, 6.07) is 7.98. The summed E-state index contributed by atoms with van der Waals surface area (Å²) < 4.78 is 4.80. The van der Waals surface area contributed by atoms with Crippen LogP contribution in [-0.2, 0) is 4.74 Å². The summed E-state index contributed by atoms with van der Waals surface area (Å²) in [6.45, 7) is 1.89. The van der Waals surface area contributed by atoms with Gasteiger partial charge in [0.15, 0.2) is 0 Å². The Morgan fingerprint density at radius 1 is 1.24 bits per heavy atom. The smallest absolute Gasteiger partial charge is 0.342 e. The van der Waals surface area contributed by atoms with Crippen LogP contribution >= 0.6 is 0 Å². The van der Waals surface area contributed by atoms with Gasteiger partial charge < -0.3 is 14.9 Å². The number of carbonyl (C=O) groups is 1. The van der Waals surface area contributed by atoms with Gasteiger partial charge in [-0.1, -0.05) is 24.3 Å². The lowest BCUT2D eigenvalue weighted by Crippen LogP contribution is -2.05. The van der Waals surface area contributed by atoms with Crippen molar-refractivity contribution in [3.05, 3.63) is 35.9 Å². The monoisotopic (exact) mass is 232 g/mol. The van der Waals surface area contributed by atoms with E-state index in [0.29, 0.717) is 10.8 Å². The number of esters is 1. The second-order valence-corrected chi connectivity index (χ2v) is 3.56. The van der Waals surface area contributed by atoms with E-state index in [4.69, 9.17) is 4.74 Å². The third-order valence-electron chi connectivity index (χ3n) is 2.49. The highest BCUT2D eigenvalue weighted by atomic mass is 16.5. The Bertz CT molecular complexity index is 575. The molecule has 0 unspecified atom stereocenters. The molecule has 0 aromatic heterocycles. The summed E-state index contributed by atoms with van der Waals surface area (Å²) in [4.78, 5) is 11.6. The molecular weight excluding hydrogens is 220 g/mol. The van der Waals surface area contributed by atoms with Crippen molar-refractivity contribution in [1.29, 1.82) is 0 Å². The van der Waals surface area contributed by atoms with E-state index in [1.54, 1.807) is 31.2 Å². The quantitative estimate of drug-likeness (QED) is 0.616. The van der Waals surface area contributed by atoms with Crippen LogP contribution in [0.2, 0.25) is 0 Å². The molecule has 17 heavy (non-hydrogen) atoms. The van der Waals surface area contributed by atoms with Gasteiger partial charge in [0.1, 0.15) is 17.1 Å². The molecule has 0 saturated heterocycles. The number of phenols is 2. The van der Waals surface area contributed by atoms with Gasteiger partial charge in [-0.2, -0.15) is 0 Å². The molecule has 0 atom stereocenters. The molecule has 0 aliphatic carbocycles. The molecule has 2 rings (SSSR count). The Labute approximate surface area is 98.1 Å². The maximum Gasteiger partial charge on any atom is 0.342 e. The fraction of sp³-hybridized carbons (Fsp3) is 0.154. The van der Waals surface area contributed by atoms with Gasteiger partial charge in [-0.15, -0.1) is 0 Å². The van der Waals surface area contributed by atoms with Crippen molar-refractivity contribution in [2.24, 2.45) is 0 Å². The lowest BCUT2D eigenvalue weighted by atomic mass is 10.0. The Morgan fingerprint density at radius 3 is 2.53 bits per heavy atom. The lowest BCUT2D eigenvalue weighted by molar-refractivity contribution is 0.0523. The van der Waals surface area contributed by atoms with Crippen LogP contribution in [0, 0.1) is 0 Å². The van der Waals surface area contributed by atoms with Gasteiger partial charge in [-0.05, 0) is 13.0 Å². The Kier molecular flexibility index (Phi) is 2.87. The summed E-state index contributed by atoms with van der Waals surface area (Å²) in [7, 11) is 0. The number of carbonyl (C=O) groups excluding carboxylic acids is 1. The van der Waals surface area contributed by atoms with E-state index in [1.165, 1.54) is 6.07 Å². The Hall–Kier alpha value is -2.23. The highest BCUT2D eigenvalue weighted by Gasteiger charge is 2.17. The second-order valence-electron chi connectivity index (χ2n) is 3.56. The number of phenolic OH excluding ortho intramolecular Hbond substituents is 2. The highest BCUT2D eigenvalue weighted by molar-refractivity contribution is 6.03. The predicted octanol–water partition coefficient (Wildman–Crippen LogP) is 2.43. The SMILES string of the molecule is CCOC(=O)c1cc(O)c2ccccc2c1O. The molecule has 0 amide bonds. The third kappa shape index (κ3) is 1.89. The number of rotatable bonds is 2. The van der Waals surface area contributed by atoms with Crippen molar-refractivity contribution in [2.75, 3.05) is 6.61 Å². The van der Waals surface area contributed by atoms with E-state index in [9.17, 15) is 15.0 Å². The van der Waals surface area contributed by atoms with Crippen molar-refractivity contribution < 1.29 is 19.7 Å². The fourth-order valence-corrected chi connectivity index (χ4v) is 1.71. The zero-order valence-electron chi connectivity index (χ0n) is 9.30. The van der Waals surface area contributed by atoms with Gasteiger partial charge in [0.2, 0.25) is 0 Å². The normalized spacial score (nSPS) is 10.4. The number of hydrogen-bond donors (Lipinski definition) is 2. The van der Waals surface area contributed by atoms with Crippen LogP contribution in [0.15, 0.2) is 30.3 Å². The first kappa shape index (κ1) is 11.3. The minimum absolute atomic E-state index is 0.0250. The van der Waals surface area contributed by atoms with E-state index in [-0.39, 0.29) is 23.7 Å². The van der Waals surface area contributed by atoms with Crippen molar-refractivity contribution in [3.8, 4) is 11.5 Å². The van der Waals surface area contributed by atoms with Crippen LogP contribution < -0.4 is 0 Å². The molecule has 4 heteroatoms. The van der Waals surface area contributed by atoms with Gasteiger partial charge in [0.25, 0.3) is 0 Å². The molecule has 0 aliphatic rings. The average molecular weight is 232 g/mol. The van der Waals surface area contributed by atoms with E-state index in [0.717, 1.165) is 0 Å². The molecular formula is C13H12O4. The summed E-state index contributed by atoms with van der Waals surface area (Å²) >= 11 is 0. The second kappa shape index (κ2) is 4.33. The highest BCUT2D eigenvalue weighted by Crippen LogP contribution is 2.35. The molecule has 2 N–H and O–H groups in total. The van der Waals surface area contributed by atoms with E-state index in [1.807, 2.05) is 0 Å². The molecule has 0 bridgehead atoms. The molecule has 2 aromatic carbocycles. The van der Waals surface area contributed by atoms with Crippen LogP contribution in [0.25, 0.3) is 10.8 Å². The van der Waals surface area contributed by atoms with E-state index >= 15 is 0 Å². The number of aromatic hydroxyl groups is 2. The largest absolute Gasteiger partial charge is 0.507 e. The minimum atomic E-state index is -0.647. The zero-order chi connectivity index (χ0) is 12.4. The number of hydrogen-bond acceptors (Lipinski definition) is 4. The summed E-state index contributed by atoms with van der Waals surface area (Å²) in [5.74, 6) is -0.871. The standard InChI is InChI=1S/C13H12O4/c1-2-17-13(16)10-7-11(14)8-5-3-4-6-9(8)12(10)15/h3-7,14-15H,2H2,1H3. The van der Waals surface area contributed by atoms with Crippen molar-refractivity contribution >= 4 is 16.7 Å². The van der Waals surface area contributed by atoms with Gasteiger partial charge in [0.05, 0.1) is 6.61 Å². The number of benzene rings is 2. The number of ether oxygens (including phenoxy) is 1. The summed E-state index contributed by atoms with van der Waals surface area (Å²) in [6.07, 6.45) is 0. The van der Waals surface area contributed by atoms with Crippen LogP contribution in [0.1, 0.15) is 17.3 Å². The first-order chi connectivity index (χ1) is 8.15. The van der Waals surface area contributed by atoms with Crippen molar-refractivity contribution in [1.82, 2.24) is 0 Å². The fourth-order valence-electron chi connectivity index (χ4n) is 1.71. The van der Waals surface area contributed by atoms with Gasteiger partial charge in [-0.25, -0.2) is 4.79 Å². The van der Waals surface area contributed by atoms with E-state index in [2.05, 4.69) is 0 Å². The van der Waals surface area contributed by atoms with Crippen LogP contribution in [0.5, 0.6) is 11.5 Å². The third-order valence-corrected chi connectivity index (χ3v) is 2.49. The molecule has 88 valence electrons. The minimum Gasteiger partial charge on any atom is -0.507 e. The molecule has 4 nitrogen and oxygen atoms in total. The summed E-state index contributed by atoms with van der Waals surface area (Å²) in [5.41, 5.74) is -0.0250. The van der Waals surface area contributed by atoms with Gasteiger partial charge in [0, 0.05) is 10.8 Å². The molecule has 0 fully saturated rings. The molecule has 0 heterocycles. The van der Waals surface area contributed by atoms with E-state index < -0.39 is 5.97 Å². The van der Waals surface area contributed by atoms with Gasteiger partial charge >= 0.3 is 5.97 Å². The molecule has 0 saturated carbocycles. The van der Waals surface area contributed by atoms with Gasteiger partial charge in [-0.3, -0.25) is 0 Å². The Morgan fingerprint density at radius 2 is 1.88 bits per heavy atom.